The standard InChI is InChI=1S/C17H25NS2/c1-11-12(2)20-16(10-19-11)17(18)15-8-6-14(7-9-15)13-4-3-5-13/h6-9,11-13,16-17H,3-5,10,18H2,1-2H3. The molecule has 3 rings (SSSR count). The summed E-state index contributed by atoms with van der Waals surface area (Å²) in [5.41, 5.74) is 9.34. The molecule has 4 unspecified atom stereocenters. The quantitative estimate of drug-likeness (QED) is 0.885. The second kappa shape index (κ2) is 6.33. The average molecular weight is 308 g/mol. The summed E-state index contributed by atoms with van der Waals surface area (Å²) in [4.78, 5) is 0. The monoisotopic (exact) mass is 307 g/mol. The molecule has 1 heterocycles. The van der Waals surface area contributed by atoms with Crippen LogP contribution in [0.4, 0.5) is 0 Å². The number of thioether (sulfide) groups is 2. The maximum Gasteiger partial charge on any atom is 0.0423 e. The molecule has 1 aromatic carbocycles. The lowest BCUT2D eigenvalue weighted by Gasteiger charge is -2.34. The summed E-state index contributed by atoms with van der Waals surface area (Å²) in [6.07, 6.45) is 4.14. The molecule has 2 aliphatic rings. The van der Waals surface area contributed by atoms with Crippen molar-refractivity contribution in [2.45, 2.75) is 60.8 Å². The maximum absolute atomic E-state index is 6.52. The van der Waals surface area contributed by atoms with E-state index in [-0.39, 0.29) is 6.04 Å². The van der Waals surface area contributed by atoms with Crippen molar-refractivity contribution in [3.05, 3.63) is 35.4 Å². The van der Waals surface area contributed by atoms with Gasteiger partial charge in [0.15, 0.2) is 0 Å². The van der Waals surface area contributed by atoms with E-state index in [2.05, 4.69) is 61.6 Å². The van der Waals surface area contributed by atoms with Gasteiger partial charge in [-0.2, -0.15) is 23.5 Å². The zero-order valence-corrected chi connectivity index (χ0v) is 14.1. The van der Waals surface area contributed by atoms with Crippen molar-refractivity contribution in [2.75, 3.05) is 5.75 Å². The highest BCUT2D eigenvalue weighted by Crippen LogP contribution is 2.41. The normalized spacial score (nSPS) is 32.6. The van der Waals surface area contributed by atoms with Gasteiger partial charge in [0.05, 0.1) is 0 Å². The van der Waals surface area contributed by atoms with E-state index in [1.165, 1.54) is 36.1 Å². The molecule has 20 heavy (non-hydrogen) atoms. The number of nitrogens with two attached hydrogens (primary N) is 1. The van der Waals surface area contributed by atoms with Crippen LogP contribution in [0.25, 0.3) is 0 Å². The highest BCUT2D eigenvalue weighted by molar-refractivity contribution is 8.07. The van der Waals surface area contributed by atoms with Crippen LogP contribution in [0.15, 0.2) is 24.3 Å². The summed E-state index contributed by atoms with van der Waals surface area (Å²) in [7, 11) is 0. The molecule has 1 saturated carbocycles. The van der Waals surface area contributed by atoms with Crippen LogP contribution in [-0.2, 0) is 0 Å². The lowest BCUT2D eigenvalue weighted by Crippen LogP contribution is -2.34. The Morgan fingerprint density at radius 1 is 1.10 bits per heavy atom. The minimum Gasteiger partial charge on any atom is -0.323 e. The minimum atomic E-state index is 0.179. The van der Waals surface area contributed by atoms with E-state index in [4.69, 9.17) is 5.73 Å². The van der Waals surface area contributed by atoms with Gasteiger partial charge in [0, 0.05) is 27.5 Å². The molecule has 3 heteroatoms. The summed E-state index contributed by atoms with van der Waals surface area (Å²) in [5.74, 6) is 2.00. The second-order valence-electron chi connectivity index (χ2n) is 6.24. The summed E-state index contributed by atoms with van der Waals surface area (Å²) in [6, 6.07) is 9.34. The molecule has 110 valence electrons. The summed E-state index contributed by atoms with van der Waals surface area (Å²) in [6.45, 7) is 4.67. The van der Waals surface area contributed by atoms with Crippen LogP contribution in [0.2, 0.25) is 0 Å². The van der Waals surface area contributed by atoms with Gasteiger partial charge in [0.2, 0.25) is 0 Å². The van der Waals surface area contributed by atoms with Gasteiger partial charge in [-0.15, -0.1) is 0 Å². The van der Waals surface area contributed by atoms with Crippen LogP contribution in [0.1, 0.15) is 56.2 Å². The number of benzene rings is 1. The Bertz CT molecular complexity index is 441. The molecule has 0 radical (unpaired) electrons. The first-order valence-electron chi connectivity index (χ1n) is 7.77. The van der Waals surface area contributed by atoms with Crippen molar-refractivity contribution in [3.63, 3.8) is 0 Å². The lowest BCUT2D eigenvalue weighted by molar-refractivity contribution is 0.419. The third kappa shape index (κ3) is 3.05. The molecule has 1 aliphatic heterocycles. The smallest absolute Gasteiger partial charge is 0.0423 e. The Hall–Kier alpha value is -0.120. The van der Waals surface area contributed by atoms with Gasteiger partial charge in [-0.25, -0.2) is 0 Å². The van der Waals surface area contributed by atoms with Crippen LogP contribution in [0, 0.1) is 0 Å². The fourth-order valence-corrected chi connectivity index (χ4v) is 5.99. The van der Waals surface area contributed by atoms with Crippen molar-refractivity contribution in [1.29, 1.82) is 0 Å². The molecule has 1 saturated heterocycles. The van der Waals surface area contributed by atoms with E-state index in [9.17, 15) is 0 Å². The van der Waals surface area contributed by atoms with Gasteiger partial charge in [-0.05, 0) is 29.9 Å². The van der Waals surface area contributed by atoms with Crippen molar-refractivity contribution in [3.8, 4) is 0 Å². The van der Waals surface area contributed by atoms with Crippen LogP contribution in [0.5, 0.6) is 0 Å². The lowest BCUT2D eigenvalue weighted by atomic mass is 9.80. The Labute approximate surface area is 131 Å². The van der Waals surface area contributed by atoms with Gasteiger partial charge in [-0.3, -0.25) is 0 Å². The molecule has 2 N–H and O–H groups in total. The molecule has 0 aromatic heterocycles. The summed E-state index contributed by atoms with van der Waals surface area (Å²) < 4.78 is 0. The summed E-state index contributed by atoms with van der Waals surface area (Å²) >= 11 is 4.15. The van der Waals surface area contributed by atoms with E-state index in [0.29, 0.717) is 10.5 Å². The second-order valence-corrected chi connectivity index (χ2v) is 9.27. The van der Waals surface area contributed by atoms with Gasteiger partial charge >= 0.3 is 0 Å². The molecule has 0 bridgehead atoms. The van der Waals surface area contributed by atoms with E-state index in [1.54, 1.807) is 0 Å². The molecular weight excluding hydrogens is 282 g/mol. The predicted octanol–water partition coefficient (Wildman–Crippen LogP) is 4.58. The average Bonchev–Trinajstić information content (AvgIpc) is 2.40. The largest absolute Gasteiger partial charge is 0.323 e. The van der Waals surface area contributed by atoms with E-state index >= 15 is 0 Å². The van der Waals surface area contributed by atoms with E-state index in [0.717, 1.165) is 11.2 Å². The van der Waals surface area contributed by atoms with Crippen molar-refractivity contribution in [1.82, 2.24) is 0 Å². The number of hydrogen-bond acceptors (Lipinski definition) is 3. The van der Waals surface area contributed by atoms with Crippen molar-refractivity contribution < 1.29 is 0 Å². The Morgan fingerprint density at radius 2 is 1.80 bits per heavy atom. The number of rotatable bonds is 3. The molecule has 1 nitrogen and oxygen atoms in total. The van der Waals surface area contributed by atoms with Crippen LogP contribution in [0.3, 0.4) is 0 Å². The minimum absolute atomic E-state index is 0.179. The Morgan fingerprint density at radius 3 is 2.35 bits per heavy atom. The zero-order valence-electron chi connectivity index (χ0n) is 12.4. The van der Waals surface area contributed by atoms with Crippen molar-refractivity contribution >= 4 is 23.5 Å². The third-order valence-corrected chi connectivity index (χ3v) is 8.39. The molecular formula is C17H25NS2. The molecule has 1 aliphatic carbocycles. The Balaban J connectivity index is 1.65. The number of hydrogen-bond donors (Lipinski definition) is 1. The van der Waals surface area contributed by atoms with Crippen molar-refractivity contribution in [2.24, 2.45) is 5.73 Å². The fraction of sp³-hybridized carbons (Fsp3) is 0.647. The highest BCUT2D eigenvalue weighted by Gasteiger charge is 2.30. The first kappa shape index (κ1) is 14.8. The van der Waals surface area contributed by atoms with Gasteiger partial charge < -0.3 is 5.73 Å². The molecule has 4 atom stereocenters. The maximum atomic E-state index is 6.52. The van der Waals surface area contributed by atoms with Gasteiger partial charge in [-0.1, -0.05) is 44.5 Å². The van der Waals surface area contributed by atoms with Gasteiger partial charge in [0.1, 0.15) is 0 Å². The fourth-order valence-electron chi connectivity index (χ4n) is 2.94. The SMILES string of the molecule is CC1SCC(C(N)c2ccc(C3CCC3)cc2)SC1C. The van der Waals surface area contributed by atoms with Crippen LogP contribution < -0.4 is 5.73 Å². The highest BCUT2D eigenvalue weighted by atomic mass is 32.2. The van der Waals surface area contributed by atoms with Crippen LogP contribution >= 0.6 is 23.5 Å². The molecule has 2 fully saturated rings. The first-order chi connectivity index (χ1) is 9.65. The Kier molecular flexibility index (Phi) is 4.68. The van der Waals surface area contributed by atoms with E-state index < -0.39 is 0 Å². The molecule has 1 aromatic rings. The topological polar surface area (TPSA) is 26.0 Å². The predicted molar refractivity (Wildman–Crippen MR) is 92.7 cm³/mol. The first-order valence-corrected chi connectivity index (χ1v) is 9.77. The third-order valence-electron chi connectivity index (χ3n) is 4.87. The van der Waals surface area contributed by atoms with E-state index in [1.807, 2.05) is 0 Å². The van der Waals surface area contributed by atoms with Crippen LogP contribution in [-0.4, -0.2) is 21.5 Å². The van der Waals surface area contributed by atoms with Gasteiger partial charge in [0.25, 0.3) is 0 Å². The molecule has 0 spiro atoms. The zero-order chi connectivity index (χ0) is 14.1. The summed E-state index contributed by atoms with van der Waals surface area (Å²) in [5, 5.41) is 2.02. The molecule has 0 amide bonds.